The van der Waals surface area contributed by atoms with Crippen molar-refractivity contribution < 1.29 is 9.53 Å². The zero-order chi connectivity index (χ0) is 22.0. The maximum atomic E-state index is 11.9. The first-order chi connectivity index (χ1) is 15.0. The number of nitrogens with zero attached hydrogens (tertiary/aromatic N) is 2. The number of aromatic nitrogens is 1. The van der Waals surface area contributed by atoms with Crippen LogP contribution in [0.3, 0.4) is 0 Å². The molecule has 0 bridgehead atoms. The van der Waals surface area contributed by atoms with E-state index < -0.39 is 0 Å². The van der Waals surface area contributed by atoms with Crippen LogP contribution in [0.5, 0.6) is 0 Å². The molecule has 1 saturated heterocycles. The van der Waals surface area contributed by atoms with E-state index >= 15 is 0 Å². The van der Waals surface area contributed by atoms with Gasteiger partial charge >= 0.3 is 0 Å². The number of carbonyl (C=O) groups excluding carboxylic acids is 1. The van der Waals surface area contributed by atoms with E-state index in [1.54, 1.807) is 29.7 Å². The van der Waals surface area contributed by atoms with Crippen molar-refractivity contribution in [1.29, 1.82) is 0 Å². The third kappa shape index (κ3) is 4.75. The van der Waals surface area contributed by atoms with Gasteiger partial charge in [-0.15, -0.1) is 11.3 Å². The van der Waals surface area contributed by atoms with Gasteiger partial charge in [0, 0.05) is 33.7 Å². The number of amides is 1. The smallest absolute Gasteiger partial charge is 0.250 e. The summed E-state index contributed by atoms with van der Waals surface area (Å²) in [6.07, 6.45) is 1.78. The molecule has 1 fully saturated rings. The van der Waals surface area contributed by atoms with E-state index in [2.05, 4.69) is 37.6 Å². The largest absolute Gasteiger partial charge is 0.375 e. The van der Waals surface area contributed by atoms with Gasteiger partial charge in [-0.25, -0.2) is 0 Å². The molecule has 6 nitrogen and oxygen atoms in total. The molecule has 2 aromatic heterocycles. The topological polar surface area (TPSA) is 66.5 Å². The fourth-order valence-corrected chi connectivity index (χ4v) is 5.62. The Balaban J connectivity index is 1.71. The molecular formula is C21H18BrClN4O2S2. The highest BCUT2D eigenvalue weighted by Crippen LogP contribution is 2.45. The van der Waals surface area contributed by atoms with Gasteiger partial charge in [0.2, 0.25) is 5.91 Å². The van der Waals surface area contributed by atoms with E-state index in [0.29, 0.717) is 15.8 Å². The Morgan fingerprint density at radius 1 is 1.39 bits per heavy atom. The maximum Gasteiger partial charge on any atom is 0.250 e. The zero-order valence-electron chi connectivity index (χ0n) is 16.3. The lowest BCUT2D eigenvalue weighted by atomic mass is 10.0. The number of thiophene rings is 1. The van der Waals surface area contributed by atoms with Crippen LogP contribution in [0, 0.1) is 0 Å². The normalized spacial score (nSPS) is 18.2. The molecule has 3 aromatic rings. The van der Waals surface area contributed by atoms with E-state index in [9.17, 15) is 4.79 Å². The molecule has 0 saturated carbocycles. The number of benzene rings is 1. The zero-order valence-corrected chi connectivity index (χ0v) is 20.3. The molecule has 10 heteroatoms. The first kappa shape index (κ1) is 22.2. The van der Waals surface area contributed by atoms with Gasteiger partial charge in [-0.2, -0.15) is 0 Å². The maximum absolute atomic E-state index is 11.9. The predicted octanol–water partition coefficient (Wildman–Crippen LogP) is 5.32. The summed E-state index contributed by atoms with van der Waals surface area (Å²) in [5, 5.41) is 9.20. The summed E-state index contributed by atoms with van der Waals surface area (Å²) < 4.78 is 5.87. The summed E-state index contributed by atoms with van der Waals surface area (Å²) in [6.45, 7) is -0.0424. The van der Waals surface area contributed by atoms with E-state index in [0.717, 1.165) is 20.7 Å². The number of pyridine rings is 1. The molecule has 0 aliphatic carbocycles. The second kappa shape index (κ2) is 9.62. The third-order valence-electron chi connectivity index (χ3n) is 4.76. The molecule has 31 heavy (non-hydrogen) atoms. The third-order valence-corrected chi connectivity index (χ3v) is 7.15. The van der Waals surface area contributed by atoms with Crippen molar-refractivity contribution in [1.82, 2.24) is 10.3 Å². The van der Waals surface area contributed by atoms with Crippen molar-refractivity contribution in [2.24, 2.45) is 0 Å². The fourth-order valence-electron chi connectivity index (χ4n) is 3.48. The number of methoxy groups -OCH3 is 1. The van der Waals surface area contributed by atoms with Crippen LogP contribution in [0.4, 0.5) is 11.4 Å². The van der Waals surface area contributed by atoms with Gasteiger partial charge < -0.3 is 20.3 Å². The molecule has 0 unspecified atom stereocenters. The molecule has 4 rings (SSSR count). The molecule has 2 N–H and O–H groups in total. The van der Waals surface area contributed by atoms with Crippen molar-refractivity contribution >= 4 is 73.5 Å². The van der Waals surface area contributed by atoms with Gasteiger partial charge in [0.15, 0.2) is 5.11 Å². The minimum absolute atomic E-state index is 0.0424. The molecule has 1 aromatic carbocycles. The van der Waals surface area contributed by atoms with Crippen LogP contribution in [-0.2, 0) is 9.53 Å². The van der Waals surface area contributed by atoms with Gasteiger partial charge in [0.1, 0.15) is 6.61 Å². The second-order valence-electron chi connectivity index (χ2n) is 6.81. The van der Waals surface area contributed by atoms with Crippen LogP contribution in [0.15, 0.2) is 58.5 Å². The quantitative estimate of drug-likeness (QED) is 0.415. The molecular weight excluding hydrogens is 520 g/mol. The Morgan fingerprint density at radius 3 is 2.87 bits per heavy atom. The number of thiocarbonyl (C=S) groups is 1. The molecule has 2 atom stereocenters. The number of ether oxygens (including phenoxy) is 1. The Morgan fingerprint density at radius 2 is 2.23 bits per heavy atom. The molecule has 160 valence electrons. The van der Waals surface area contributed by atoms with Crippen molar-refractivity contribution in [2.45, 2.75) is 12.1 Å². The Labute approximate surface area is 202 Å². The highest BCUT2D eigenvalue weighted by atomic mass is 79.9. The predicted molar refractivity (Wildman–Crippen MR) is 132 cm³/mol. The standard InChI is InChI=1S/C21H18BrClN4O2S2/c1-29-10-18(28)25-15-6-5-13(9-14(15)23)27-20(17-8-12(22)11-31-17)19(26-21(27)30)16-4-2-3-7-24-16/h2-9,11,19-20H,10H2,1H3,(H,25,28)(H,26,30)/t19-,20+/m0/s1. The lowest BCUT2D eigenvalue weighted by Gasteiger charge is -2.27. The van der Waals surface area contributed by atoms with Crippen LogP contribution < -0.4 is 15.5 Å². The number of halogens is 2. The van der Waals surface area contributed by atoms with Gasteiger partial charge in [0.25, 0.3) is 0 Å². The fraction of sp³-hybridized carbons (Fsp3) is 0.190. The summed E-state index contributed by atoms with van der Waals surface area (Å²) in [7, 11) is 1.46. The van der Waals surface area contributed by atoms with Gasteiger partial charge in [0.05, 0.1) is 28.5 Å². The molecule has 1 aliphatic rings. The van der Waals surface area contributed by atoms with E-state index in [4.69, 9.17) is 28.6 Å². The van der Waals surface area contributed by atoms with Crippen LogP contribution in [0.1, 0.15) is 22.7 Å². The first-order valence-electron chi connectivity index (χ1n) is 9.31. The van der Waals surface area contributed by atoms with Gasteiger partial charge in [-0.05, 0) is 64.5 Å². The number of nitrogens with one attached hydrogen (secondary N) is 2. The van der Waals surface area contributed by atoms with E-state index in [1.165, 1.54) is 7.11 Å². The number of rotatable bonds is 6. The first-order valence-corrected chi connectivity index (χ1v) is 11.8. The number of hydrogen-bond acceptors (Lipinski definition) is 5. The average Bonchev–Trinajstić information content (AvgIpc) is 3.33. The lowest BCUT2D eigenvalue weighted by molar-refractivity contribution is -0.119. The average molecular weight is 538 g/mol. The summed E-state index contributed by atoms with van der Waals surface area (Å²) >= 11 is 17.4. The highest BCUT2D eigenvalue weighted by Gasteiger charge is 2.41. The minimum Gasteiger partial charge on any atom is -0.375 e. The van der Waals surface area contributed by atoms with Crippen molar-refractivity contribution in [3.63, 3.8) is 0 Å². The minimum atomic E-state index is -0.271. The number of anilines is 2. The summed E-state index contributed by atoms with van der Waals surface area (Å²) in [4.78, 5) is 19.6. The van der Waals surface area contributed by atoms with Crippen LogP contribution >= 0.6 is 51.1 Å². The number of hydrogen-bond donors (Lipinski definition) is 2. The molecule has 1 amide bonds. The lowest BCUT2D eigenvalue weighted by Crippen LogP contribution is -2.29. The van der Waals surface area contributed by atoms with Gasteiger partial charge in [-0.3, -0.25) is 9.78 Å². The summed E-state index contributed by atoms with van der Waals surface area (Å²) in [5.41, 5.74) is 2.24. The van der Waals surface area contributed by atoms with E-state index in [1.807, 2.05) is 34.5 Å². The van der Waals surface area contributed by atoms with Crippen molar-refractivity contribution in [3.8, 4) is 0 Å². The van der Waals surface area contributed by atoms with Crippen LogP contribution in [0.25, 0.3) is 0 Å². The van der Waals surface area contributed by atoms with Gasteiger partial charge in [-0.1, -0.05) is 17.7 Å². The Bertz CT molecular complexity index is 1110. The molecule has 1 aliphatic heterocycles. The van der Waals surface area contributed by atoms with Crippen LogP contribution in [0.2, 0.25) is 5.02 Å². The molecule has 0 radical (unpaired) electrons. The number of carbonyl (C=O) groups is 1. The Kier molecular flexibility index (Phi) is 6.88. The van der Waals surface area contributed by atoms with Crippen molar-refractivity contribution in [3.05, 3.63) is 74.1 Å². The monoisotopic (exact) mass is 536 g/mol. The van der Waals surface area contributed by atoms with Crippen molar-refractivity contribution in [2.75, 3.05) is 23.9 Å². The summed E-state index contributed by atoms with van der Waals surface area (Å²) in [5.74, 6) is -0.271. The molecule has 3 heterocycles. The van der Waals surface area contributed by atoms with Crippen LogP contribution in [-0.4, -0.2) is 29.7 Å². The SMILES string of the molecule is COCC(=O)Nc1ccc(N2C(=S)N[C@@H](c3ccccn3)[C@H]2c2cc(Br)cs2)cc1Cl. The highest BCUT2D eigenvalue weighted by molar-refractivity contribution is 9.10. The van der Waals surface area contributed by atoms with E-state index in [-0.39, 0.29) is 24.6 Å². The Hall–Kier alpha value is -2.04. The molecule has 0 spiro atoms. The second-order valence-corrected chi connectivity index (χ2v) is 9.46. The summed E-state index contributed by atoms with van der Waals surface area (Å²) in [6, 6.07) is 13.2.